The predicted molar refractivity (Wildman–Crippen MR) is 105 cm³/mol. The minimum Gasteiger partial charge on any atom is -0.422 e. The van der Waals surface area contributed by atoms with Gasteiger partial charge < -0.3 is 4.74 Å². The number of hydrogen-bond donors (Lipinski definition) is 0. The first-order valence-electron chi connectivity index (χ1n) is 7.98. The molecule has 0 aliphatic rings. The second kappa shape index (κ2) is 8.41. The first kappa shape index (κ1) is 17.8. The largest absolute Gasteiger partial charge is 0.422 e. The monoisotopic (exact) mass is 406 g/mol. The van der Waals surface area contributed by atoms with Crippen LogP contribution in [0.5, 0.6) is 5.75 Å². The number of benzene rings is 3. The van der Waals surface area contributed by atoms with Crippen LogP contribution in [-0.2, 0) is 0 Å². The Morgan fingerprint density at radius 1 is 0.808 bits per heavy atom. The zero-order valence-electron chi connectivity index (χ0n) is 13.8. The fourth-order valence-corrected chi connectivity index (χ4v) is 2.80. The molecule has 128 valence electrons. The zero-order chi connectivity index (χ0) is 18.4. The van der Waals surface area contributed by atoms with Gasteiger partial charge in [-0.05, 0) is 46.3 Å². The van der Waals surface area contributed by atoms with Gasteiger partial charge >= 0.3 is 5.97 Å². The van der Waals surface area contributed by atoms with E-state index in [1.807, 2.05) is 30.3 Å². The maximum Gasteiger partial charge on any atom is 0.344 e. The molecule has 3 aromatic rings. The highest BCUT2D eigenvalue weighted by molar-refractivity contribution is 9.10. The summed E-state index contributed by atoms with van der Waals surface area (Å²) in [6.45, 7) is 0. The highest BCUT2D eigenvalue weighted by Gasteiger charge is 2.13. The van der Waals surface area contributed by atoms with Crippen LogP contribution in [0.4, 0.5) is 0 Å². The van der Waals surface area contributed by atoms with Crippen LogP contribution < -0.4 is 4.74 Å². The minimum absolute atomic E-state index is 0.113. The van der Waals surface area contributed by atoms with Gasteiger partial charge in [0, 0.05) is 15.6 Å². The molecule has 0 bridgehead atoms. The summed E-state index contributed by atoms with van der Waals surface area (Å²) in [4.78, 5) is 24.6. The van der Waals surface area contributed by atoms with E-state index in [0.717, 1.165) is 0 Å². The van der Waals surface area contributed by atoms with E-state index in [4.69, 9.17) is 4.74 Å². The van der Waals surface area contributed by atoms with Crippen molar-refractivity contribution in [3.05, 3.63) is 106 Å². The number of hydrogen-bond acceptors (Lipinski definition) is 3. The van der Waals surface area contributed by atoms with Crippen molar-refractivity contribution in [1.29, 1.82) is 0 Å². The highest BCUT2D eigenvalue weighted by atomic mass is 79.9. The molecule has 0 aliphatic heterocycles. The first-order valence-corrected chi connectivity index (χ1v) is 8.77. The van der Waals surface area contributed by atoms with Crippen LogP contribution in [0.1, 0.15) is 26.3 Å². The van der Waals surface area contributed by atoms with Crippen molar-refractivity contribution >= 4 is 33.8 Å². The van der Waals surface area contributed by atoms with E-state index >= 15 is 0 Å². The molecule has 26 heavy (non-hydrogen) atoms. The van der Waals surface area contributed by atoms with Gasteiger partial charge in [0.05, 0.1) is 5.56 Å². The van der Waals surface area contributed by atoms with Crippen molar-refractivity contribution < 1.29 is 14.3 Å². The van der Waals surface area contributed by atoms with Crippen LogP contribution in [0.25, 0.3) is 6.08 Å². The first-order chi connectivity index (χ1) is 12.6. The normalized spacial score (nSPS) is 10.7. The number of esters is 1. The lowest BCUT2D eigenvalue weighted by Gasteiger charge is -2.08. The highest BCUT2D eigenvalue weighted by Crippen LogP contribution is 2.23. The maximum atomic E-state index is 12.4. The molecule has 0 saturated carbocycles. The fraction of sp³-hybridized carbons (Fsp3) is 0. The third kappa shape index (κ3) is 4.35. The van der Waals surface area contributed by atoms with Gasteiger partial charge in [0.2, 0.25) is 0 Å². The summed E-state index contributed by atoms with van der Waals surface area (Å²) in [5.41, 5.74) is 1.69. The summed E-state index contributed by atoms with van der Waals surface area (Å²) >= 11 is 3.34. The molecule has 0 amide bonds. The number of carbonyl (C=O) groups excluding carboxylic acids is 2. The molecule has 0 unspecified atom stereocenters. The molecule has 0 N–H and O–H groups in total. The van der Waals surface area contributed by atoms with Crippen molar-refractivity contribution in [1.82, 2.24) is 0 Å². The number of halogens is 1. The number of allylic oxidation sites excluding steroid dienone is 1. The average molecular weight is 407 g/mol. The SMILES string of the molecule is O=C(/C=C/c1ccccc1OC(=O)c1ccccc1Br)c1ccccc1. The van der Waals surface area contributed by atoms with Gasteiger partial charge in [-0.1, -0.05) is 60.7 Å². The van der Waals surface area contributed by atoms with Gasteiger partial charge in [-0.2, -0.15) is 0 Å². The van der Waals surface area contributed by atoms with Crippen molar-refractivity contribution in [3.63, 3.8) is 0 Å². The fourth-order valence-electron chi connectivity index (χ4n) is 2.36. The smallest absolute Gasteiger partial charge is 0.344 e. The summed E-state index contributed by atoms with van der Waals surface area (Å²) in [6, 6.07) is 23.1. The van der Waals surface area contributed by atoms with E-state index in [0.29, 0.717) is 26.9 Å². The summed E-state index contributed by atoms with van der Waals surface area (Å²) in [6.07, 6.45) is 3.12. The Labute approximate surface area is 160 Å². The van der Waals surface area contributed by atoms with Crippen LogP contribution in [0.2, 0.25) is 0 Å². The number of ketones is 1. The van der Waals surface area contributed by atoms with E-state index in [9.17, 15) is 9.59 Å². The van der Waals surface area contributed by atoms with E-state index in [-0.39, 0.29) is 5.78 Å². The lowest BCUT2D eigenvalue weighted by Crippen LogP contribution is -2.09. The number of rotatable bonds is 5. The Morgan fingerprint density at radius 2 is 1.46 bits per heavy atom. The summed E-state index contributed by atoms with van der Waals surface area (Å²) in [5.74, 6) is -0.185. The molecule has 0 spiro atoms. The lowest BCUT2D eigenvalue weighted by molar-refractivity contribution is 0.0733. The van der Waals surface area contributed by atoms with Gasteiger partial charge in [-0.15, -0.1) is 0 Å². The van der Waals surface area contributed by atoms with E-state index < -0.39 is 5.97 Å². The Hall–Kier alpha value is -2.98. The summed E-state index contributed by atoms with van der Waals surface area (Å²) < 4.78 is 6.18. The third-order valence-corrected chi connectivity index (χ3v) is 4.38. The van der Waals surface area contributed by atoms with Gasteiger partial charge in [0.1, 0.15) is 5.75 Å². The molecule has 0 atom stereocenters. The molecule has 0 aromatic heterocycles. The maximum absolute atomic E-state index is 12.4. The Balaban J connectivity index is 1.80. The molecule has 0 saturated heterocycles. The van der Waals surface area contributed by atoms with E-state index in [1.54, 1.807) is 54.6 Å². The van der Waals surface area contributed by atoms with E-state index in [2.05, 4.69) is 15.9 Å². The quantitative estimate of drug-likeness (QED) is 0.241. The van der Waals surface area contributed by atoms with Crippen LogP contribution in [0.3, 0.4) is 0 Å². The summed E-state index contributed by atoms with van der Waals surface area (Å²) in [5, 5.41) is 0. The second-order valence-electron chi connectivity index (χ2n) is 5.47. The number of para-hydroxylation sites is 1. The molecular weight excluding hydrogens is 392 g/mol. The minimum atomic E-state index is -0.465. The zero-order valence-corrected chi connectivity index (χ0v) is 15.3. The molecule has 0 radical (unpaired) electrons. The number of ether oxygens (including phenoxy) is 1. The Morgan fingerprint density at radius 3 is 2.23 bits per heavy atom. The van der Waals surface area contributed by atoms with Crippen LogP contribution in [0.15, 0.2) is 89.4 Å². The molecular formula is C22H15BrO3. The molecule has 4 heteroatoms. The third-order valence-electron chi connectivity index (χ3n) is 3.69. The molecule has 0 heterocycles. The van der Waals surface area contributed by atoms with Crippen molar-refractivity contribution in [3.8, 4) is 5.75 Å². The van der Waals surface area contributed by atoms with Crippen LogP contribution >= 0.6 is 15.9 Å². The van der Waals surface area contributed by atoms with Gasteiger partial charge in [0.25, 0.3) is 0 Å². The van der Waals surface area contributed by atoms with E-state index in [1.165, 1.54) is 6.08 Å². The molecule has 3 nitrogen and oxygen atoms in total. The Kier molecular flexibility index (Phi) is 5.77. The van der Waals surface area contributed by atoms with Gasteiger partial charge in [-0.3, -0.25) is 4.79 Å². The van der Waals surface area contributed by atoms with Crippen molar-refractivity contribution in [2.24, 2.45) is 0 Å². The predicted octanol–water partition coefficient (Wildman–Crippen LogP) is 5.56. The van der Waals surface area contributed by atoms with Gasteiger partial charge in [0.15, 0.2) is 5.78 Å². The van der Waals surface area contributed by atoms with Crippen LogP contribution in [-0.4, -0.2) is 11.8 Å². The van der Waals surface area contributed by atoms with Crippen molar-refractivity contribution in [2.45, 2.75) is 0 Å². The summed E-state index contributed by atoms with van der Waals surface area (Å²) in [7, 11) is 0. The van der Waals surface area contributed by atoms with Crippen molar-refractivity contribution in [2.75, 3.05) is 0 Å². The van der Waals surface area contributed by atoms with Crippen LogP contribution in [0, 0.1) is 0 Å². The molecule has 0 fully saturated rings. The average Bonchev–Trinajstić information content (AvgIpc) is 2.68. The topological polar surface area (TPSA) is 43.4 Å². The van der Waals surface area contributed by atoms with Gasteiger partial charge in [-0.25, -0.2) is 4.79 Å². The Bertz CT molecular complexity index is 962. The molecule has 0 aliphatic carbocycles. The lowest BCUT2D eigenvalue weighted by atomic mass is 10.1. The molecule has 3 rings (SSSR count). The second-order valence-corrected chi connectivity index (χ2v) is 6.33. The standard InChI is InChI=1S/C22H15BrO3/c23-19-12-6-5-11-18(19)22(25)26-21-13-7-4-10-17(21)14-15-20(24)16-8-2-1-3-9-16/h1-15H/b15-14+. The molecule has 3 aromatic carbocycles. The number of carbonyl (C=O) groups is 2.